The molecule has 2 saturated heterocycles. The van der Waals surface area contributed by atoms with E-state index in [1.54, 1.807) is 5.06 Å². The summed E-state index contributed by atoms with van der Waals surface area (Å²) in [6.07, 6.45) is -0.789. The van der Waals surface area contributed by atoms with Gasteiger partial charge in [0.05, 0.1) is 11.7 Å². The number of imide groups is 1. The highest BCUT2D eigenvalue weighted by molar-refractivity contribution is 6.08. The summed E-state index contributed by atoms with van der Waals surface area (Å²) in [7, 11) is 3.98. The lowest BCUT2D eigenvalue weighted by atomic mass is 9.90. The van der Waals surface area contributed by atoms with Crippen molar-refractivity contribution in [3.05, 3.63) is 59.7 Å². The van der Waals surface area contributed by atoms with Crippen LogP contribution in [-0.2, 0) is 14.4 Å². The van der Waals surface area contributed by atoms with E-state index in [1.165, 1.54) is 4.90 Å². The molecule has 6 nitrogen and oxygen atoms in total. The molecule has 0 bridgehead atoms. The third-order valence-corrected chi connectivity index (χ3v) is 5.77. The van der Waals surface area contributed by atoms with Gasteiger partial charge in [0.1, 0.15) is 5.92 Å². The first-order chi connectivity index (χ1) is 13.8. The van der Waals surface area contributed by atoms with Gasteiger partial charge in [-0.1, -0.05) is 30.3 Å². The number of hydroxylamine groups is 1. The number of likely N-dealkylation sites (tertiary alicyclic amines) is 1. The maximum absolute atomic E-state index is 13.2. The molecule has 2 amide bonds. The summed E-state index contributed by atoms with van der Waals surface area (Å²) in [6.45, 7) is 5.72. The molecular weight excluding hydrogens is 366 g/mol. The minimum Gasteiger partial charge on any atom is -0.378 e. The van der Waals surface area contributed by atoms with Crippen LogP contribution in [0.4, 0.5) is 11.4 Å². The molecule has 0 aromatic heterocycles. The van der Waals surface area contributed by atoms with Crippen LogP contribution in [0.1, 0.15) is 31.0 Å². The zero-order chi connectivity index (χ0) is 20.9. The summed E-state index contributed by atoms with van der Waals surface area (Å²) >= 11 is 0. The van der Waals surface area contributed by atoms with Gasteiger partial charge in [0.15, 0.2) is 6.10 Å². The zero-order valence-electron chi connectivity index (χ0n) is 17.5. The molecule has 0 spiro atoms. The molecule has 2 aliphatic rings. The van der Waals surface area contributed by atoms with Crippen LogP contribution in [0.2, 0.25) is 0 Å². The monoisotopic (exact) mass is 393 g/mol. The molecule has 0 radical (unpaired) electrons. The van der Waals surface area contributed by atoms with Gasteiger partial charge in [-0.3, -0.25) is 19.3 Å². The Morgan fingerprint density at radius 2 is 1.62 bits per heavy atom. The van der Waals surface area contributed by atoms with Crippen LogP contribution in [0, 0.1) is 12.8 Å². The van der Waals surface area contributed by atoms with Crippen LogP contribution in [0.15, 0.2) is 48.5 Å². The molecule has 0 aliphatic carbocycles. The molecule has 29 heavy (non-hydrogen) atoms. The average molecular weight is 393 g/mol. The van der Waals surface area contributed by atoms with Gasteiger partial charge >= 0.3 is 0 Å². The molecule has 2 aromatic rings. The molecule has 2 heterocycles. The standard InChI is InChI=1S/C23H27N3O3/c1-14(2)25-22(27)19-20(16-10-12-17(13-11-16)24(4)5)26(29-21(19)23(25)28)18-9-7-6-8-15(18)3/h6-14,19-21H,1-5H3. The van der Waals surface area contributed by atoms with Gasteiger partial charge in [0, 0.05) is 25.8 Å². The van der Waals surface area contributed by atoms with Gasteiger partial charge in [-0.2, -0.15) is 0 Å². The maximum Gasteiger partial charge on any atom is 0.262 e. The SMILES string of the molecule is Cc1ccccc1N1OC2C(=O)N(C(C)C)C(=O)C2C1c1ccc(N(C)C)cc1. The van der Waals surface area contributed by atoms with E-state index in [4.69, 9.17) is 4.84 Å². The molecule has 0 saturated carbocycles. The van der Waals surface area contributed by atoms with E-state index in [9.17, 15) is 9.59 Å². The van der Waals surface area contributed by atoms with E-state index in [-0.39, 0.29) is 23.9 Å². The third-order valence-electron chi connectivity index (χ3n) is 5.77. The number of aryl methyl sites for hydroxylation is 1. The lowest BCUT2D eigenvalue weighted by molar-refractivity contribution is -0.145. The van der Waals surface area contributed by atoms with Crippen LogP contribution < -0.4 is 9.96 Å². The topological polar surface area (TPSA) is 53.1 Å². The van der Waals surface area contributed by atoms with Crippen LogP contribution in [0.3, 0.4) is 0 Å². The Kier molecular flexibility index (Phi) is 4.82. The van der Waals surface area contributed by atoms with E-state index in [0.29, 0.717) is 0 Å². The number of hydrogen-bond donors (Lipinski definition) is 0. The molecule has 6 heteroatoms. The summed E-state index contributed by atoms with van der Waals surface area (Å²) in [5.41, 5.74) is 3.94. The lowest BCUT2D eigenvalue weighted by Gasteiger charge is -2.30. The Labute approximate surface area is 171 Å². The molecular formula is C23H27N3O3. The average Bonchev–Trinajstić information content (AvgIpc) is 3.18. The fourth-order valence-corrected chi connectivity index (χ4v) is 4.27. The van der Waals surface area contributed by atoms with Gasteiger partial charge < -0.3 is 4.90 Å². The number of rotatable bonds is 4. The largest absolute Gasteiger partial charge is 0.378 e. The molecule has 0 N–H and O–H groups in total. The van der Waals surface area contributed by atoms with E-state index in [2.05, 4.69) is 0 Å². The molecule has 3 unspecified atom stereocenters. The van der Waals surface area contributed by atoms with Crippen molar-refractivity contribution in [3.63, 3.8) is 0 Å². The van der Waals surface area contributed by atoms with Crippen molar-refractivity contribution in [1.29, 1.82) is 0 Å². The number of amides is 2. The van der Waals surface area contributed by atoms with E-state index >= 15 is 0 Å². The first-order valence-electron chi connectivity index (χ1n) is 9.97. The Hall–Kier alpha value is -2.86. The first kappa shape index (κ1) is 19.5. The minimum absolute atomic E-state index is 0.159. The maximum atomic E-state index is 13.2. The van der Waals surface area contributed by atoms with E-state index in [0.717, 1.165) is 22.5 Å². The van der Waals surface area contributed by atoms with Crippen LogP contribution >= 0.6 is 0 Å². The van der Waals surface area contributed by atoms with E-state index in [1.807, 2.05) is 88.3 Å². The molecule has 2 aromatic carbocycles. The van der Waals surface area contributed by atoms with Crippen LogP contribution in [0.25, 0.3) is 0 Å². The number of carbonyl (C=O) groups excluding carboxylic acids is 2. The fraction of sp³-hybridized carbons (Fsp3) is 0.391. The van der Waals surface area contributed by atoms with Gasteiger partial charge in [0.2, 0.25) is 5.91 Å². The smallest absolute Gasteiger partial charge is 0.262 e. The van der Waals surface area contributed by atoms with Crippen molar-refractivity contribution >= 4 is 23.2 Å². The minimum atomic E-state index is -0.789. The number of fused-ring (bicyclic) bond motifs is 1. The summed E-state index contributed by atoms with van der Waals surface area (Å²) in [5, 5.41) is 1.77. The number of nitrogens with zero attached hydrogens (tertiary/aromatic N) is 3. The molecule has 152 valence electrons. The highest BCUT2D eigenvalue weighted by Crippen LogP contribution is 2.47. The quantitative estimate of drug-likeness (QED) is 0.746. The normalized spacial score (nSPS) is 23.9. The van der Waals surface area contributed by atoms with Crippen molar-refractivity contribution < 1.29 is 14.4 Å². The number of hydrogen-bond acceptors (Lipinski definition) is 5. The Morgan fingerprint density at radius 3 is 2.21 bits per heavy atom. The van der Waals surface area contributed by atoms with Crippen molar-refractivity contribution in [3.8, 4) is 0 Å². The lowest BCUT2D eigenvalue weighted by Crippen LogP contribution is -2.41. The fourth-order valence-electron chi connectivity index (χ4n) is 4.27. The molecule has 2 fully saturated rings. The predicted octanol–water partition coefficient (Wildman–Crippen LogP) is 3.32. The predicted molar refractivity (Wildman–Crippen MR) is 113 cm³/mol. The van der Waals surface area contributed by atoms with Crippen molar-refractivity contribution in [1.82, 2.24) is 4.90 Å². The molecule has 4 rings (SSSR count). The second-order valence-corrected chi connectivity index (χ2v) is 8.24. The Morgan fingerprint density at radius 1 is 0.966 bits per heavy atom. The zero-order valence-corrected chi connectivity index (χ0v) is 17.5. The van der Waals surface area contributed by atoms with Gasteiger partial charge in [-0.05, 0) is 50.1 Å². The second kappa shape index (κ2) is 7.19. The summed E-state index contributed by atoms with van der Waals surface area (Å²) < 4.78 is 0. The Bertz CT molecular complexity index is 939. The summed E-state index contributed by atoms with van der Waals surface area (Å²) in [5.74, 6) is -0.969. The van der Waals surface area contributed by atoms with Gasteiger partial charge in [0.25, 0.3) is 5.91 Å². The molecule has 3 atom stereocenters. The van der Waals surface area contributed by atoms with E-state index < -0.39 is 12.0 Å². The van der Waals surface area contributed by atoms with Crippen LogP contribution in [0.5, 0.6) is 0 Å². The third kappa shape index (κ3) is 3.08. The second-order valence-electron chi connectivity index (χ2n) is 8.24. The van der Waals surface area contributed by atoms with Gasteiger partial charge in [-0.25, -0.2) is 5.06 Å². The summed E-state index contributed by atoms with van der Waals surface area (Å²) in [6, 6.07) is 15.4. The van der Waals surface area contributed by atoms with Crippen LogP contribution in [-0.4, -0.2) is 43.0 Å². The number of carbonyl (C=O) groups is 2. The van der Waals surface area contributed by atoms with Crippen molar-refractivity contribution in [2.24, 2.45) is 5.92 Å². The number of anilines is 2. The van der Waals surface area contributed by atoms with Gasteiger partial charge in [-0.15, -0.1) is 0 Å². The van der Waals surface area contributed by atoms with Crippen molar-refractivity contribution in [2.45, 2.75) is 39.0 Å². The highest BCUT2D eigenvalue weighted by atomic mass is 16.7. The Balaban J connectivity index is 1.80. The highest BCUT2D eigenvalue weighted by Gasteiger charge is 2.60. The number of para-hydroxylation sites is 1. The summed E-state index contributed by atoms with van der Waals surface area (Å²) in [4.78, 5) is 35.8. The molecule has 2 aliphatic heterocycles. The number of benzene rings is 2. The van der Waals surface area contributed by atoms with Crippen molar-refractivity contribution in [2.75, 3.05) is 24.1 Å². The first-order valence-corrected chi connectivity index (χ1v) is 9.97.